The lowest BCUT2D eigenvalue weighted by molar-refractivity contribution is -0.137. The second-order valence-electron chi connectivity index (χ2n) is 6.80. The summed E-state index contributed by atoms with van der Waals surface area (Å²) >= 11 is 0. The minimum Gasteiger partial charge on any atom is -0.395 e. The molecular weight excluding hydrogens is 386 g/mol. The van der Waals surface area contributed by atoms with Crippen LogP contribution in [0.25, 0.3) is 0 Å². The van der Waals surface area contributed by atoms with Crippen molar-refractivity contribution in [1.82, 2.24) is 0 Å². The van der Waals surface area contributed by atoms with Gasteiger partial charge in [-0.1, -0.05) is 38.3 Å². The zero-order chi connectivity index (χ0) is 21.4. The lowest BCUT2D eigenvalue weighted by Gasteiger charge is -2.14. The number of rotatable bonds is 9. The molecule has 4 N–H and O–H groups in total. The van der Waals surface area contributed by atoms with E-state index in [4.69, 9.17) is 5.73 Å². The summed E-state index contributed by atoms with van der Waals surface area (Å²) in [7, 11) is 0. The summed E-state index contributed by atoms with van der Waals surface area (Å²) in [5.74, 6) is -0.946. The zero-order valence-electron chi connectivity index (χ0n) is 16.2. The first-order valence-corrected chi connectivity index (χ1v) is 9.50. The van der Waals surface area contributed by atoms with Crippen LogP contribution in [0, 0.1) is 5.82 Å². The maximum Gasteiger partial charge on any atom is 0.416 e. The van der Waals surface area contributed by atoms with Crippen molar-refractivity contribution in [2.24, 2.45) is 0 Å². The fourth-order valence-corrected chi connectivity index (χ4v) is 2.77. The fourth-order valence-electron chi connectivity index (χ4n) is 2.77. The summed E-state index contributed by atoms with van der Waals surface area (Å²) in [6, 6.07) is 7.52. The molecule has 0 saturated heterocycles. The van der Waals surface area contributed by atoms with Crippen molar-refractivity contribution in [2.45, 2.75) is 51.7 Å². The van der Waals surface area contributed by atoms with Crippen molar-refractivity contribution in [3.05, 3.63) is 53.3 Å². The van der Waals surface area contributed by atoms with Crippen molar-refractivity contribution in [2.75, 3.05) is 16.4 Å². The first kappa shape index (κ1) is 22.5. The topological polar surface area (TPSA) is 67.2 Å². The Bertz CT molecular complexity index is 820. The number of anilines is 3. The minimum absolute atomic E-state index is 0.100. The first-order chi connectivity index (χ1) is 13.7. The van der Waals surface area contributed by atoms with Gasteiger partial charge in [-0.05, 0) is 36.2 Å². The molecule has 0 aliphatic heterocycles. The van der Waals surface area contributed by atoms with Gasteiger partial charge in [0.15, 0.2) is 5.82 Å². The highest BCUT2D eigenvalue weighted by Crippen LogP contribution is 2.30. The number of nitrogens with one attached hydrogen (secondary N) is 2. The third-order valence-corrected chi connectivity index (χ3v) is 4.48. The highest BCUT2D eigenvalue weighted by atomic mass is 19.4. The van der Waals surface area contributed by atoms with E-state index in [2.05, 4.69) is 17.6 Å². The van der Waals surface area contributed by atoms with E-state index in [9.17, 15) is 22.4 Å². The number of carbonyl (C=O) groups excluding carboxylic acids is 1. The van der Waals surface area contributed by atoms with Crippen LogP contribution in [-0.4, -0.2) is 5.91 Å². The van der Waals surface area contributed by atoms with Gasteiger partial charge in [-0.2, -0.15) is 13.2 Å². The van der Waals surface area contributed by atoms with Gasteiger partial charge in [0.05, 0.1) is 22.6 Å². The second kappa shape index (κ2) is 10.1. The van der Waals surface area contributed by atoms with Crippen LogP contribution in [0.5, 0.6) is 0 Å². The van der Waals surface area contributed by atoms with Crippen LogP contribution in [0.3, 0.4) is 0 Å². The molecule has 0 heterocycles. The van der Waals surface area contributed by atoms with Gasteiger partial charge in [0.2, 0.25) is 5.91 Å². The SMILES string of the molecule is CCCCCCC(=O)Nc1ccc(NCc2ccc(C(F)(F)F)cc2)c(F)c1N. The summed E-state index contributed by atoms with van der Waals surface area (Å²) in [6.45, 7) is 2.20. The van der Waals surface area contributed by atoms with Crippen LogP contribution in [0.15, 0.2) is 36.4 Å². The Morgan fingerprint density at radius 3 is 2.28 bits per heavy atom. The largest absolute Gasteiger partial charge is 0.416 e. The van der Waals surface area contributed by atoms with E-state index < -0.39 is 17.6 Å². The summed E-state index contributed by atoms with van der Waals surface area (Å²) in [5, 5.41) is 5.42. The first-order valence-electron chi connectivity index (χ1n) is 9.50. The normalized spacial score (nSPS) is 11.3. The third-order valence-electron chi connectivity index (χ3n) is 4.48. The summed E-state index contributed by atoms with van der Waals surface area (Å²) in [5.41, 5.74) is 5.71. The average Bonchev–Trinajstić information content (AvgIpc) is 2.68. The number of carbonyl (C=O) groups is 1. The van der Waals surface area contributed by atoms with E-state index in [1.165, 1.54) is 24.3 Å². The quantitative estimate of drug-likeness (QED) is 0.271. The molecule has 2 aromatic rings. The molecule has 0 aromatic heterocycles. The number of halogens is 4. The molecule has 0 radical (unpaired) electrons. The Kier molecular flexibility index (Phi) is 7.87. The number of unbranched alkanes of at least 4 members (excludes halogenated alkanes) is 3. The number of nitrogens with two attached hydrogens (primary N) is 1. The van der Waals surface area contributed by atoms with Crippen molar-refractivity contribution in [1.29, 1.82) is 0 Å². The lowest BCUT2D eigenvalue weighted by atomic mass is 10.1. The van der Waals surface area contributed by atoms with Gasteiger partial charge in [0.25, 0.3) is 0 Å². The number of alkyl halides is 3. The van der Waals surface area contributed by atoms with E-state index in [0.717, 1.165) is 37.8 Å². The van der Waals surface area contributed by atoms with Gasteiger partial charge < -0.3 is 16.4 Å². The fraction of sp³-hybridized carbons (Fsp3) is 0.381. The van der Waals surface area contributed by atoms with Gasteiger partial charge in [0, 0.05) is 13.0 Å². The summed E-state index contributed by atoms with van der Waals surface area (Å²) in [6.07, 6.45) is -0.211. The number of nitrogen functional groups attached to an aromatic ring is 1. The van der Waals surface area contributed by atoms with E-state index in [1.807, 2.05) is 0 Å². The molecule has 0 bridgehead atoms. The zero-order valence-corrected chi connectivity index (χ0v) is 16.2. The smallest absolute Gasteiger partial charge is 0.395 e. The second-order valence-corrected chi connectivity index (χ2v) is 6.80. The maximum atomic E-state index is 14.5. The van der Waals surface area contributed by atoms with Crippen LogP contribution in [0.2, 0.25) is 0 Å². The van der Waals surface area contributed by atoms with Gasteiger partial charge in [-0.3, -0.25) is 4.79 Å². The van der Waals surface area contributed by atoms with Crippen molar-refractivity contribution >= 4 is 23.0 Å². The Hall–Kier alpha value is -2.77. The van der Waals surface area contributed by atoms with Gasteiger partial charge >= 0.3 is 6.18 Å². The Balaban J connectivity index is 1.96. The van der Waals surface area contributed by atoms with Crippen molar-refractivity contribution < 1.29 is 22.4 Å². The molecule has 0 unspecified atom stereocenters. The number of benzene rings is 2. The molecule has 8 heteroatoms. The minimum atomic E-state index is -4.40. The molecule has 0 atom stereocenters. The third kappa shape index (κ3) is 6.66. The Labute approximate surface area is 167 Å². The standard InChI is InChI=1S/C21H25F4N3O/c1-2-3-4-5-6-18(29)28-17-12-11-16(19(22)20(17)26)27-13-14-7-9-15(10-8-14)21(23,24)25/h7-12,27H,2-6,13,26H2,1H3,(H,28,29). The predicted molar refractivity (Wildman–Crippen MR) is 107 cm³/mol. The molecule has 0 spiro atoms. The molecule has 0 aliphatic carbocycles. The Morgan fingerprint density at radius 2 is 1.66 bits per heavy atom. The molecule has 158 valence electrons. The molecular formula is C21H25F4N3O. The van der Waals surface area contributed by atoms with Crippen molar-refractivity contribution in [3.63, 3.8) is 0 Å². The van der Waals surface area contributed by atoms with E-state index >= 15 is 0 Å². The van der Waals surface area contributed by atoms with E-state index in [-0.39, 0.29) is 29.5 Å². The molecule has 0 saturated carbocycles. The summed E-state index contributed by atoms with van der Waals surface area (Å²) in [4.78, 5) is 11.9. The average molecular weight is 411 g/mol. The molecule has 1 amide bonds. The van der Waals surface area contributed by atoms with Crippen LogP contribution in [0.1, 0.15) is 50.2 Å². The molecule has 29 heavy (non-hydrogen) atoms. The monoisotopic (exact) mass is 411 g/mol. The maximum absolute atomic E-state index is 14.5. The highest BCUT2D eigenvalue weighted by Gasteiger charge is 2.29. The van der Waals surface area contributed by atoms with Gasteiger partial charge in [-0.15, -0.1) is 0 Å². The van der Waals surface area contributed by atoms with E-state index in [0.29, 0.717) is 12.0 Å². The molecule has 4 nitrogen and oxygen atoms in total. The number of amides is 1. The molecule has 0 fully saturated rings. The summed E-state index contributed by atoms with van der Waals surface area (Å²) < 4.78 is 52.3. The van der Waals surface area contributed by atoms with E-state index in [1.54, 1.807) is 0 Å². The van der Waals surface area contributed by atoms with Gasteiger partial charge in [0.1, 0.15) is 0 Å². The molecule has 0 aliphatic rings. The number of hydrogen-bond acceptors (Lipinski definition) is 3. The highest BCUT2D eigenvalue weighted by molar-refractivity contribution is 5.94. The van der Waals surface area contributed by atoms with Crippen LogP contribution < -0.4 is 16.4 Å². The molecule has 2 aromatic carbocycles. The lowest BCUT2D eigenvalue weighted by Crippen LogP contribution is -2.14. The predicted octanol–water partition coefficient (Wildman–Crippen LogP) is 5.95. The van der Waals surface area contributed by atoms with Crippen LogP contribution in [-0.2, 0) is 17.5 Å². The number of hydrogen-bond donors (Lipinski definition) is 3. The molecule has 2 rings (SSSR count). The van der Waals surface area contributed by atoms with Crippen LogP contribution >= 0.6 is 0 Å². The van der Waals surface area contributed by atoms with Crippen LogP contribution in [0.4, 0.5) is 34.6 Å². The Morgan fingerprint density at radius 1 is 1.00 bits per heavy atom. The van der Waals surface area contributed by atoms with Crippen molar-refractivity contribution in [3.8, 4) is 0 Å². The van der Waals surface area contributed by atoms with Gasteiger partial charge in [-0.25, -0.2) is 4.39 Å².